The lowest BCUT2D eigenvalue weighted by Crippen LogP contribution is -2.12. The SMILES string of the molecule is COc1ccc(C(=O)C[S@](=O)c2c(OC)ccc3ccccc23)cc1OC. The van der Waals surface area contributed by atoms with Crippen molar-refractivity contribution < 1.29 is 23.2 Å². The Morgan fingerprint density at radius 2 is 1.52 bits per heavy atom. The number of ketones is 1. The van der Waals surface area contributed by atoms with E-state index < -0.39 is 10.8 Å². The summed E-state index contributed by atoms with van der Waals surface area (Å²) in [4.78, 5) is 13.2. The van der Waals surface area contributed by atoms with Crippen molar-refractivity contribution in [1.82, 2.24) is 0 Å². The predicted molar refractivity (Wildman–Crippen MR) is 106 cm³/mol. The molecule has 0 amide bonds. The van der Waals surface area contributed by atoms with Crippen LogP contribution in [0.4, 0.5) is 0 Å². The van der Waals surface area contributed by atoms with Crippen molar-refractivity contribution in [2.45, 2.75) is 4.90 Å². The predicted octanol–water partition coefficient (Wildman–Crippen LogP) is 3.86. The average Bonchev–Trinajstić information content (AvgIpc) is 2.71. The molecule has 27 heavy (non-hydrogen) atoms. The van der Waals surface area contributed by atoms with Crippen LogP contribution < -0.4 is 14.2 Å². The number of fused-ring (bicyclic) bond motifs is 1. The molecule has 0 N–H and O–H groups in total. The number of ether oxygens (including phenoxy) is 3. The fourth-order valence-corrected chi connectivity index (χ4v) is 4.26. The summed E-state index contributed by atoms with van der Waals surface area (Å²) in [6.07, 6.45) is 0. The molecule has 0 unspecified atom stereocenters. The van der Waals surface area contributed by atoms with Gasteiger partial charge in [0.25, 0.3) is 0 Å². The molecule has 0 heterocycles. The van der Waals surface area contributed by atoms with Crippen LogP contribution >= 0.6 is 0 Å². The van der Waals surface area contributed by atoms with Gasteiger partial charge in [-0.3, -0.25) is 9.00 Å². The first kappa shape index (κ1) is 18.9. The molecule has 0 fully saturated rings. The van der Waals surface area contributed by atoms with Gasteiger partial charge in [-0.05, 0) is 29.7 Å². The first-order chi connectivity index (χ1) is 13.1. The Kier molecular flexibility index (Phi) is 5.76. The Balaban J connectivity index is 1.94. The molecule has 140 valence electrons. The second kappa shape index (κ2) is 8.22. The van der Waals surface area contributed by atoms with Gasteiger partial charge in [-0.2, -0.15) is 0 Å². The summed E-state index contributed by atoms with van der Waals surface area (Å²) in [6.45, 7) is 0. The Morgan fingerprint density at radius 1 is 0.852 bits per heavy atom. The Morgan fingerprint density at radius 3 is 2.22 bits per heavy atom. The highest BCUT2D eigenvalue weighted by atomic mass is 32.2. The third kappa shape index (κ3) is 3.80. The molecule has 3 rings (SSSR count). The van der Waals surface area contributed by atoms with E-state index in [1.165, 1.54) is 21.3 Å². The van der Waals surface area contributed by atoms with Gasteiger partial charge in [0.1, 0.15) is 5.75 Å². The monoisotopic (exact) mass is 384 g/mol. The van der Waals surface area contributed by atoms with Crippen molar-refractivity contribution in [2.75, 3.05) is 27.1 Å². The zero-order valence-electron chi connectivity index (χ0n) is 15.4. The lowest BCUT2D eigenvalue weighted by molar-refractivity contribution is 0.102. The fraction of sp³-hybridized carbons (Fsp3) is 0.190. The molecule has 0 saturated carbocycles. The zero-order valence-corrected chi connectivity index (χ0v) is 16.2. The molecule has 0 radical (unpaired) electrons. The topological polar surface area (TPSA) is 61.8 Å². The molecule has 1 atom stereocenters. The van der Waals surface area contributed by atoms with E-state index in [0.29, 0.717) is 27.7 Å². The van der Waals surface area contributed by atoms with Gasteiger partial charge in [0.2, 0.25) is 0 Å². The number of rotatable bonds is 7. The minimum absolute atomic E-state index is 0.153. The minimum Gasteiger partial charge on any atom is -0.495 e. The number of hydrogen-bond acceptors (Lipinski definition) is 5. The normalized spacial score (nSPS) is 11.8. The standard InChI is InChI=1S/C21H20O5S/c1-24-18-10-9-15(12-20(18)26-3)17(22)13-27(23)21-16-7-5-4-6-14(16)8-11-19(21)25-2/h4-12H,13H2,1-3H3/t27-/m0/s1. The summed E-state index contributed by atoms with van der Waals surface area (Å²) in [7, 11) is 3.00. The lowest BCUT2D eigenvalue weighted by atomic mass is 10.1. The molecule has 5 nitrogen and oxygen atoms in total. The van der Waals surface area contributed by atoms with Crippen LogP contribution in [-0.2, 0) is 10.8 Å². The maximum atomic E-state index is 13.1. The van der Waals surface area contributed by atoms with Crippen LogP contribution in [0.3, 0.4) is 0 Å². The van der Waals surface area contributed by atoms with Crippen LogP contribution in [-0.4, -0.2) is 37.1 Å². The third-order valence-corrected chi connectivity index (χ3v) is 5.66. The highest BCUT2D eigenvalue weighted by Gasteiger charge is 2.20. The van der Waals surface area contributed by atoms with Gasteiger partial charge >= 0.3 is 0 Å². The molecule has 0 aromatic heterocycles. The highest BCUT2D eigenvalue weighted by molar-refractivity contribution is 7.86. The van der Waals surface area contributed by atoms with E-state index in [-0.39, 0.29) is 11.5 Å². The summed E-state index contributed by atoms with van der Waals surface area (Å²) < 4.78 is 28.9. The summed E-state index contributed by atoms with van der Waals surface area (Å²) >= 11 is 0. The van der Waals surface area contributed by atoms with Gasteiger partial charge in [-0.1, -0.05) is 30.3 Å². The molecule has 6 heteroatoms. The average molecular weight is 384 g/mol. The van der Waals surface area contributed by atoms with Crippen molar-refractivity contribution in [2.24, 2.45) is 0 Å². The van der Waals surface area contributed by atoms with E-state index in [1.807, 2.05) is 30.3 Å². The Hall–Kier alpha value is -2.86. The molecule has 0 aliphatic rings. The third-order valence-electron chi connectivity index (χ3n) is 4.26. The largest absolute Gasteiger partial charge is 0.495 e. The first-order valence-electron chi connectivity index (χ1n) is 8.28. The summed E-state index contributed by atoms with van der Waals surface area (Å²) in [6, 6.07) is 16.2. The van der Waals surface area contributed by atoms with E-state index in [2.05, 4.69) is 0 Å². The van der Waals surface area contributed by atoms with Crippen molar-refractivity contribution >= 4 is 27.4 Å². The van der Waals surface area contributed by atoms with Crippen LogP contribution in [0.2, 0.25) is 0 Å². The number of benzene rings is 3. The van der Waals surface area contributed by atoms with E-state index in [1.54, 1.807) is 24.3 Å². The van der Waals surface area contributed by atoms with Gasteiger partial charge in [0.05, 0.1) is 42.8 Å². The van der Waals surface area contributed by atoms with Crippen LogP contribution in [0.25, 0.3) is 10.8 Å². The molecule has 0 aliphatic carbocycles. The fourth-order valence-electron chi connectivity index (χ4n) is 2.90. The van der Waals surface area contributed by atoms with Gasteiger partial charge in [-0.25, -0.2) is 0 Å². The molecular formula is C21H20O5S. The number of carbonyl (C=O) groups is 1. The van der Waals surface area contributed by atoms with Gasteiger partial charge in [-0.15, -0.1) is 0 Å². The Labute approximate surface area is 160 Å². The van der Waals surface area contributed by atoms with E-state index in [0.717, 1.165) is 10.8 Å². The molecule has 3 aromatic rings. The smallest absolute Gasteiger partial charge is 0.175 e. The zero-order chi connectivity index (χ0) is 19.4. The maximum absolute atomic E-state index is 13.1. The van der Waals surface area contributed by atoms with Crippen LogP contribution in [0.5, 0.6) is 17.2 Å². The minimum atomic E-state index is -1.56. The van der Waals surface area contributed by atoms with Crippen molar-refractivity contribution in [1.29, 1.82) is 0 Å². The summed E-state index contributed by atoms with van der Waals surface area (Å²) in [5.41, 5.74) is 0.417. The molecule has 0 aliphatic heterocycles. The number of Topliss-reactive ketones (excluding diaryl/α,β-unsaturated/α-hetero) is 1. The number of methoxy groups -OCH3 is 3. The van der Waals surface area contributed by atoms with Gasteiger partial charge < -0.3 is 14.2 Å². The molecule has 0 saturated heterocycles. The van der Waals surface area contributed by atoms with E-state index >= 15 is 0 Å². The first-order valence-corrected chi connectivity index (χ1v) is 9.60. The number of carbonyl (C=O) groups excluding carboxylic acids is 1. The molecule has 0 spiro atoms. The van der Waals surface area contributed by atoms with Gasteiger partial charge in [0, 0.05) is 10.9 Å². The van der Waals surface area contributed by atoms with Crippen molar-refractivity contribution in [3.8, 4) is 17.2 Å². The molecule has 0 bridgehead atoms. The second-order valence-electron chi connectivity index (χ2n) is 5.80. The lowest BCUT2D eigenvalue weighted by Gasteiger charge is -2.12. The molecular weight excluding hydrogens is 364 g/mol. The van der Waals surface area contributed by atoms with E-state index in [4.69, 9.17) is 14.2 Å². The number of hydrogen-bond donors (Lipinski definition) is 0. The quantitative estimate of drug-likeness (QED) is 0.579. The summed E-state index contributed by atoms with van der Waals surface area (Å²) in [5, 5.41) is 1.76. The van der Waals surface area contributed by atoms with Crippen LogP contribution in [0.1, 0.15) is 10.4 Å². The highest BCUT2D eigenvalue weighted by Crippen LogP contribution is 2.32. The second-order valence-corrected chi connectivity index (χ2v) is 7.19. The molecule has 3 aromatic carbocycles. The Bertz CT molecular complexity index is 1010. The van der Waals surface area contributed by atoms with Crippen molar-refractivity contribution in [3.05, 3.63) is 60.2 Å². The van der Waals surface area contributed by atoms with Crippen LogP contribution in [0, 0.1) is 0 Å². The van der Waals surface area contributed by atoms with Crippen molar-refractivity contribution in [3.63, 3.8) is 0 Å². The van der Waals surface area contributed by atoms with Crippen LogP contribution in [0.15, 0.2) is 59.5 Å². The summed E-state index contributed by atoms with van der Waals surface area (Å²) in [5.74, 6) is 1.10. The van der Waals surface area contributed by atoms with E-state index in [9.17, 15) is 9.00 Å². The maximum Gasteiger partial charge on any atom is 0.175 e. The van der Waals surface area contributed by atoms with Gasteiger partial charge in [0.15, 0.2) is 17.3 Å².